The van der Waals surface area contributed by atoms with Crippen LogP contribution in [0, 0.1) is 0 Å². The number of aliphatic hydroxyl groups excluding tert-OH is 1. The predicted octanol–water partition coefficient (Wildman–Crippen LogP) is 5.19. The van der Waals surface area contributed by atoms with E-state index in [0.29, 0.717) is 30.9 Å². The first-order chi connectivity index (χ1) is 22.3. The highest BCUT2D eigenvalue weighted by atomic mass is 32.2. The molecule has 4 aromatic carbocycles. The van der Waals surface area contributed by atoms with Crippen LogP contribution in [0.25, 0.3) is 0 Å². The van der Waals surface area contributed by atoms with Gasteiger partial charge >= 0.3 is 0 Å². The van der Waals surface area contributed by atoms with Gasteiger partial charge in [0.15, 0.2) is 15.4 Å². The zero-order valence-electron chi connectivity index (χ0n) is 25.5. The molecule has 0 aliphatic carbocycles. The Balaban J connectivity index is 1.35. The van der Waals surface area contributed by atoms with E-state index in [-0.39, 0.29) is 29.6 Å². The number of benzene rings is 4. The van der Waals surface area contributed by atoms with Gasteiger partial charge in [-0.2, -0.15) is 0 Å². The van der Waals surface area contributed by atoms with Crippen LogP contribution in [0.5, 0.6) is 5.75 Å². The van der Waals surface area contributed by atoms with Gasteiger partial charge in [0, 0.05) is 34.9 Å². The van der Waals surface area contributed by atoms with Crippen molar-refractivity contribution < 1.29 is 27.8 Å². The van der Waals surface area contributed by atoms with Crippen LogP contribution in [-0.2, 0) is 25.9 Å². The number of ether oxygens (including phenoxy) is 2. The van der Waals surface area contributed by atoms with Gasteiger partial charge in [0.05, 0.1) is 17.3 Å². The topological polar surface area (TPSA) is 126 Å². The van der Waals surface area contributed by atoms with Crippen molar-refractivity contribution in [1.29, 1.82) is 0 Å². The largest absolute Gasteiger partial charge is 0.494 e. The Morgan fingerprint density at radius 3 is 2.35 bits per heavy atom. The maximum absolute atomic E-state index is 14.0. The van der Waals surface area contributed by atoms with Gasteiger partial charge in [-0.3, -0.25) is 10.2 Å². The van der Waals surface area contributed by atoms with Crippen LogP contribution in [-0.4, -0.2) is 55.9 Å². The SMILES string of the molecule is C[C@@H]1OC(c2ccc(OCCCO)cc2)=N[C@]1(CCS(=O)(=O)c1ccccc1)C(=O)NNCc1ccccc1Sc1ccccc1. The molecule has 0 fully saturated rings. The Bertz CT molecular complexity index is 1740. The second-order valence-corrected chi connectivity index (χ2v) is 14.0. The number of nitrogens with one attached hydrogen (secondary N) is 2. The van der Waals surface area contributed by atoms with E-state index in [2.05, 4.69) is 10.9 Å². The third-order valence-corrected chi connectivity index (χ3v) is 10.5. The molecule has 0 saturated carbocycles. The molecule has 0 radical (unpaired) electrons. The molecule has 11 heteroatoms. The van der Waals surface area contributed by atoms with Crippen LogP contribution >= 0.6 is 11.8 Å². The second kappa shape index (κ2) is 15.4. The Labute approximate surface area is 274 Å². The molecule has 5 rings (SSSR count). The quantitative estimate of drug-likeness (QED) is 0.118. The number of aliphatic imine (C=N–C) groups is 1. The molecule has 4 aromatic rings. The summed E-state index contributed by atoms with van der Waals surface area (Å²) in [5, 5.41) is 9.00. The average molecular weight is 660 g/mol. The number of carbonyl (C=O) groups is 1. The molecule has 0 unspecified atom stereocenters. The molecule has 2 atom stereocenters. The van der Waals surface area contributed by atoms with Crippen molar-refractivity contribution in [3.8, 4) is 5.75 Å². The van der Waals surface area contributed by atoms with Gasteiger partial charge in [-0.25, -0.2) is 18.8 Å². The van der Waals surface area contributed by atoms with Crippen molar-refractivity contribution in [3.05, 3.63) is 120 Å². The first-order valence-electron chi connectivity index (χ1n) is 15.0. The number of aliphatic hydroxyl groups is 1. The highest BCUT2D eigenvalue weighted by molar-refractivity contribution is 7.99. The maximum Gasteiger partial charge on any atom is 0.266 e. The van der Waals surface area contributed by atoms with Crippen molar-refractivity contribution >= 4 is 33.4 Å². The van der Waals surface area contributed by atoms with E-state index in [1.54, 1.807) is 73.3 Å². The van der Waals surface area contributed by atoms with Crippen LogP contribution in [0.4, 0.5) is 0 Å². The zero-order valence-corrected chi connectivity index (χ0v) is 27.1. The molecule has 9 nitrogen and oxygen atoms in total. The van der Waals surface area contributed by atoms with E-state index < -0.39 is 27.4 Å². The Kier molecular flexibility index (Phi) is 11.1. The van der Waals surface area contributed by atoms with E-state index in [4.69, 9.17) is 19.6 Å². The van der Waals surface area contributed by atoms with Crippen molar-refractivity contribution in [2.75, 3.05) is 19.0 Å². The van der Waals surface area contributed by atoms with Crippen molar-refractivity contribution in [1.82, 2.24) is 10.9 Å². The van der Waals surface area contributed by atoms with Crippen molar-refractivity contribution in [2.24, 2.45) is 4.99 Å². The normalized spacial score (nSPS) is 17.6. The standard InChI is InChI=1S/C35H37N3O6S2/c1-26-35(21-24-46(41,42)31-14-6-3-7-15-31,37-33(44-26)27-17-19-29(20-18-27)43-23-10-22-39)34(40)38-36-25-28-11-8-9-16-32(28)45-30-12-4-2-5-13-30/h2-9,11-20,26,36,39H,10,21-25H2,1H3,(H,38,40)/t26-,35-/m0/s1. The van der Waals surface area contributed by atoms with Gasteiger partial charge < -0.3 is 14.6 Å². The lowest BCUT2D eigenvalue weighted by Crippen LogP contribution is -2.55. The van der Waals surface area contributed by atoms with E-state index in [1.165, 1.54) is 0 Å². The Morgan fingerprint density at radius 1 is 0.957 bits per heavy atom. The minimum atomic E-state index is -3.70. The number of nitrogens with zero attached hydrogens (tertiary/aromatic N) is 1. The smallest absolute Gasteiger partial charge is 0.266 e. The summed E-state index contributed by atoms with van der Waals surface area (Å²) in [5.41, 5.74) is 5.94. The van der Waals surface area contributed by atoms with Crippen LogP contribution in [0.2, 0.25) is 0 Å². The van der Waals surface area contributed by atoms with E-state index in [0.717, 1.165) is 15.4 Å². The first-order valence-corrected chi connectivity index (χ1v) is 17.5. The number of hydrogen-bond donors (Lipinski definition) is 3. The molecule has 3 N–H and O–H groups in total. The third-order valence-electron chi connectivity index (χ3n) is 7.61. The fraction of sp³-hybridized carbons (Fsp3) is 0.257. The number of hydrogen-bond acceptors (Lipinski definition) is 9. The molecule has 0 spiro atoms. The van der Waals surface area contributed by atoms with Gasteiger partial charge in [0.1, 0.15) is 11.9 Å². The number of sulfone groups is 1. The molecule has 0 saturated heterocycles. The van der Waals surface area contributed by atoms with Crippen LogP contribution in [0.3, 0.4) is 0 Å². The summed E-state index contributed by atoms with van der Waals surface area (Å²) < 4.78 is 38.3. The summed E-state index contributed by atoms with van der Waals surface area (Å²) in [6.07, 6.45) is -0.327. The maximum atomic E-state index is 14.0. The van der Waals surface area contributed by atoms with Crippen molar-refractivity contribution in [3.63, 3.8) is 0 Å². The summed E-state index contributed by atoms with van der Waals surface area (Å²) in [4.78, 5) is 21.1. The molecule has 1 aliphatic heterocycles. The lowest BCUT2D eigenvalue weighted by atomic mass is 9.90. The molecule has 1 aliphatic rings. The molecule has 46 heavy (non-hydrogen) atoms. The lowest BCUT2D eigenvalue weighted by Gasteiger charge is -2.28. The van der Waals surface area contributed by atoms with E-state index >= 15 is 0 Å². The summed E-state index contributed by atoms with van der Waals surface area (Å²) in [7, 11) is -3.70. The Morgan fingerprint density at radius 2 is 1.63 bits per heavy atom. The van der Waals surface area contributed by atoms with Crippen molar-refractivity contribution in [2.45, 2.75) is 52.6 Å². The number of carbonyl (C=O) groups excluding carboxylic acids is 1. The Hall–Kier alpha value is -4.16. The molecule has 1 heterocycles. The third kappa shape index (κ3) is 8.16. The molecular formula is C35H37N3O6S2. The fourth-order valence-electron chi connectivity index (χ4n) is 4.98. The number of amides is 1. The highest BCUT2D eigenvalue weighted by Crippen LogP contribution is 2.34. The van der Waals surface area contributed by atoms with E-state index in [9.17, 15) is 13.2 Å². The van der Waals surface area contributed by atoms with Crippen LogP contribution in [0.1, 0.15) is 30.9 Å². The van der Waals surface area contributed by atoms with Crippen LogP contribution < -0.4 is 15.6 Å². The molecule has 240 valence electrons. The van der Waals surface area contributed by atoms with E-state index in [1.807, 2.05) is 54.6 Å². The average Bonchev–Trinajstić information content (AvgIpc) is 3.43. The highest BCUT2D eigenvalue weighted by Gasteiger charge is 2.50. The first kappa shape index (κ1) is 33.2. The molecule has 1 amide bonds. The molecular weight excluding hydrogens is 623 g/mol. The van der Waals surface area contributed by atoms with Gasteiger partial charge in [-0.15, -0.1) is 0 Å². The summed E-state index contributed by atoms with van der Waals surface area (Å²) >= 11 is 1.63. The summed E-state index contributed by atoms with van der Waals surface area (Å²) in [5.74, 6) is 0.0710. The minimum Gasteiger partial charge on any atom is -0.494 e. The van der Waals surface area contributed by atoms with Gasteiger partial charge in [-0.1, -0.05) is 66.4 Å². The summed E-state index contributed by atoms with van der Waals surface area (Å²) in [6, 6.07) is 33.2. The fourth-order valence-corrected chi connectivity index (χ4v) is 7.33. The second-order valence-electron chi connectivity index (χ2n) is 10.8. The minimum absolute atomic E-state index is 0.0405. The van der Waals surface area contributed by atoms with Gasteiger partial charge in [-0.05, 0) is 73.5 Å². The van der Waals surface area contributed by atoms with Gasteiger partial charge in [0.2, 0.25) is 5.90 Å². The van der Waals surface area contributed by atoms with Gasteiger partial charge in [0.25, 0.3) is 5.91 Å². The summed E-state index contributed by atoms with van der Waals surface area (Å²) in [6.45, 7) is 2.48. The predicted molar refractivity (Wildman–Crippen MR) is 179 cm³/mol. The molecule has 0 bridgehead atoms. The monoisotopic (exact) mass is 659 g/mol. The lowest BCUT2D eigenvalue weighted by molar-refractivity contribution is -0.129. The number of hydrazine groups is 1. The van der Waals surface area contributed by atoms with Crippen LogP contribution in [0.15, 0.2) is 129 Å². The number of rotatable bonds is 15. The molecule has 0 aromatic heterocycles. The zero-order chi connectivity index (χ0) is 32.4.